The molecule has 11 heavy (non-hydrogen) atoms. The van der Waals surface area contributed by atoms with E-state index in [1.165, 1.54) is 5.32 Å². The van der Waals surface area contributed by atoms with Crippen LogP contribution in [0.2, 0.25) is 0 Å². The molecule has 1 amide bonds. The fourth-order valence-electron chi connectivity index (χ4n) is 0.412. The van der Waals surface area contributed by atoms with Crippen molar-refractivity contribution >= 4 is 11.9 Å². The Hall–Kier alpha value is -1.10. The number of aliphatic hydroxyl groups is 1. The van der Waals surface area contributed by atoms with E-state index >= 15 is 0 Å². The van der Waals surface area contributed by atoms with Gasteiger partial charge in [0.25, 0.3) is 0 Å². The second kappa shape index (κ2) is 3.92. The smallest absolute Gasteiger partial charge is 0.328 e. The van der Waals surface area contributed by atoms with Crippen molar-refractivity contribution in [1.29, 1.82) is 0 Å². The molecule has 3 N–H and O–H groups in total. The number of aliphatic carboxylic acids is 1. The molecule has 0 aliphatic carbocycles. The van der Waals surface area contributed by atoms with Crippen LogP contribution in [0.15, 0.2) is 0 Å². The molecule has 0 rings (SSSR count). The van der Waals surface area contributed by atoms with Crippen LogP contribution in [0.25, 0.3) is 0 Å². The van der Waals surface area contributed by atoms with Crippen molar-refractivity contribution in [2.45, 2.75) is 25.9 Å². The van der Waals surface area contributed by atoms with Gasteiger partial charge in [-0.05, 0) is 6.92 Å². The summed E-state index contributed by atoms with van der Waals surface area (Å²) in [4.78, 5) is 21.6. The summed E-state index contributed by atoms with van der Waals surface area (Å²) >= 11 is 0. The molecule has 0 radical (unpaired) electrons. The van der Waals surface area contributed by atoms with Gasteiger partial charge in [-0.1, -0.05) is 0 Å². The quantitative estimate of drug-likeness (QED) is 0.499. The molecular weight excluding hydrogens is 150 g/mol. The summed E-state index contributed by atoms with van der Waals surface area (Å²) in [6.07, 6.45) is -2.89. The maximum Gasteiger partial charge on any atom is 0.328 e. The van der Waals surface area contributed by atoms with Gasteiger partial charge in [0.1, 0.15) is 0 Å². The third kappa shape index (κ3) is 3.57. The van der Waals surface area contributed by atoms with Crippen molar-refractivity contribution in [2.75, 3.05) is 0 Å². The highest BCUT2D eigenvalue weighted by atomic mass is 16.4. The van der Waals surface area contributed by atoms with Gasteiger partial charge in [0.2, 0.25) is 5.91 Å². The minimum atomic E-state index is -3.16. The molecular formula is C6H11NO4. The lowest BCUT2D eigenvalue weighted by molar-refractivity contribution is -0.144. The second-order valence-corrected chi connectivity index (χ2v) is 1.72. The van der Waals surface area contributed by atoms with Crippen LogP contribution in [-0.2, 0) is 9.59 Å². The maximum absolute atomic E-state index is 11.0. The molecule has 0 aliphatic heterocycles. The van der Waals surface area contributed by atoms with E-state index in [1.54, 1.807) is 0 Å². The number of carboxylic acid groups (broad SMARTS) is 1. The summed E-state index contributed by atoms with van der Waals surface area (Å²) in [5.41, 5.74) is 0. The lowest BCUT2D eigenvalue weighted by Crippen LogP contribution is -2.46. The Balaban J connectivity index is 5.15. The van der Waals surface area contributed by atoms with Gasteiger partial charge in [0, 0.05) is 11.0 Å². The van der Waals surface area contributed by atoms with Gasteiger partial charge >= 0.3 is 5.97 Å². The van der Waals surface area contributed by atoms with Crippen LogP contribution in [0.3, 0.4) is 0 Å². The van der Waals surface area contributed by atoms with E-state index in [1.807, 2.05) is 0 Å². The molecule has 5 nitrogen and oxygen atoms in total. The molecule has 0 saturated carbocycles. The zero-order valence-electron chi connectivity index (χ0n) is 10.7. The third-order valence-electron chi connectivity index (χ3n) is 0.814. The predicted octanol–water partition coefficient (Wildman–Crippen LogP) is -1.04. The predicted molar refractivity (Wildman–Crippen MR) is 36.9 cm³/mol. The van der Waals surface area contributed by atoms with Gasteiger partial charge in [-0.2, -0.15) is 0 Å². The highest BCUT2D eigenvalue weighted by Crippen LogP contribution is 1.91. The topological polar surface area (TPSA) is 86.6 Å². The number of carbonyl (C=O) groups is 2. The number of nitrogens with one attached hydrogen (secondary N) is 1. The van der Waals surface area contributed by atoms with Crippen LogP contribution in [0.5, 0.6) is 0 Å². The van der Waals surface area contributed by atoms with Crippen molar-refractivity contribution in [2.24, 2.45) is 0 Å². The first kappa shape index (κ1) is 4.06. The minimum Gasteiger partial charge on any atom is -0.480 e. The Morgan fingerprint density at radius 1 is 1.73 bits per heavy atom. The van der Waals surface area contributed by atoms with Crippen molar-refractivity contribution in [3.63, 3.8) is 0 Å². The molecule has 0 aliphatic rings. The lowest BCUT2D eigenvalue weighted by Gasteiger charge is -2.15. The van der Waals surface area contributed by atoms with Crippen molar-refractivity contribution in [1.82, 2.24) is 5.32 Å². The average Bonchev–Trinajstić information content (AvgIpc) is 1.99. The molecule has 64 valence electrons. The summed E-state index contributed by atoms with van der Waals surface area (Å²) < 4.78 is 34.2. The monoisotopic (exact) mass is 166 g/mol. The van der Waals surface area contributed by atoms with Gasteiger partial charge in [-0.25, -0.2) is 4.79 Å². The van der Waals surface area contributed by atoms with E-state index in [0.717, 1.165) is 0 Å². The van der Waals surface area contributed by atoms with E-state index in [9.17, 15) is 9.59 Å². The van der Waals surface area contributed by atoms with E-state index in [2.05, 4.69) is 0 Å². The number of rotatable bonds is 3. The number of carboxylic acids is 1. The van der Waals surface area contributed by atoms with E-state index in [-0.39, 0.29) is 0 Å². The van der Waals surface area contributed by atoms with Gasteiger partial charge in [-0.15, -0.1) is 0 Å². The zero-order valence-corrected chi connectivity index (χ0v) is 5.71. The van der Waals surface area contributed by atoms with Crippen LogP contribution in [0, 0.1) is 0 Å². The summed E-state index contributed by atoms with van der Waals surface area (Å²) in [5, 5.41) is 19.0. The zero-order chi connectivity index (χ0) is 13.4. The molecule has 0 aromatic heterocycles. The molecule has 0 bridgehead atoms. The Morgan fingerprint density at radius 3 is 2.55 bits per heavy atom. The normalized spacial score (nSPS) is 28.7. The molecule has 5 heteroatoms. The second-order valence-electron chi connectivity index (χ2n) is 1.72. The molecule has 0 heterocycles. The summed E-state index contributed by atoms with van der Waals surface area (Å²) in [5.74, 6) is -3.76. The largest absolute Gasteiger partial charge is 0.480 e. The Bertz CT molecular complexity index is 309. The third-order valence-corrected chi connectivity index (χ3v) is 0.814. The summed E-state index contributed by atoms with van der Waals surface area (Å²) in [7, 11) is 0. The highest BCUT2D eigenvalue weighted by molar-refractivity contribution is 5.82. The number of hydrogen-bond donors (Lipinski definition) is 3. The van der Waals surface area contributed by atoms with Crippen molar-refractivity contribution < 1.29 is 26.7 Å². The molecule has 0 aromatic carbocycles. The highest BCUT2D eigenvalue weighted by Gasteiger charge is 2.23. The summed E-state index contributed by atoms with van der Waals surface area (Å²) in [6.45, 7) is -2.51. The van der Waals surface area contributed by atoms with Gasteiger partial charge in [-0.3, -0.25) is 4.79 Å². The molecule has 2 atom stereocenters. The van der Waals surface area contributed by atoms with Crippen LogP contribution in [0.4, 0.5) is 0 Å². The molecule has 0 spiro atoms. The van der Waals surface area contributed by atoms with Crippen LogP contribution in [0.1, 0.15) is 20.6 Å². The van der Waals surface area contributed by atoms with Crippen molar-refractivity contribution in [3.05, 3.63) is 0 Å². The van der Waals surface area contributed by atoms with Gasteiger partial charge in [0.15, 0.2) is 6.02 Å². The first-order valence-electron chi connectivity index (χ1n) is 5.11. The fourth-order valence-corrected chi connectivity index (χ4v) is 0.412. The van der Waals surface area contributed by atoms with Crippen LogP contribution >= 0.6 is 0 Å². The van der Waals surface area contributed by atoms with Crippen LogP contribution in [-0.4, -0.2) is 34.2 Å². The Morgan fingerprint density at radius 2 is 2.27 bits per heavy atom. The first-order chi connectivity index (χ1) is 6.82. The summed E-state index contributed by atoms with van der Waals surface area (Å²) in [6, 6.07) is -3.15. The lowest BCUT2D eigenvalue weighted by atomic mass is 10.2. The Kier molecular flexibility index (Phi) is 1.45. The number of amides is 1. The number of carbonyl (C=O) groups excluding carboxylic acids is 1. The fraction of sp³-hybridized carbons (Fsp3) is 0.667. The number of hydrogen-bond acceptors (Lipinski definition) is 3. The van der Waals surface area contributed by atoms with E-state index < -0.39 is 30.8 Å². The van der Waals surface area contributed by atoms with Crippen LogP contribution < -0.4 is 5.32 Å². The minimum absolute atomic E-state index is 0.647. The SMILES string of the molecule is [2H]C([2H])([2H])C(=O)NC([2H])(C(=O)O)[C@@]([2H])(C)O. The standard InChI is InChI=1S/C6H11NO4/c1-3(8)5(6(10)11)7-4(2)9/h3,5,8H,1-2H3,(H,7,9)(H,10,11)/t3-,5?/m1/s1/i2D3,3D,5D. The van der Waals surface area contributed by atoms with Crippen molar-refractivity contribution in [3.8, 4) is 0 Å². The van der Waals surface area contributed by atoms with Gasteiger partial charge in [0.05, 0.1) is 8.82 Å². The van der Waals surface area contributed by atoms with E-state index in [4.69, 9.17) is 17.1 Å². The van der Waals surface area contributed by atoms with E-state index in [0.29, 0.717) is 6.92 Å². The average molecular weight is 166 g/mol. The Labute approximate surface area is 71.1 Å². The molecule has 1 unspecified atom stereocenters. The maximum atomic E-state index is 11.0. The molecule has 0 fully saturated rings. The molecule has 0 saturated heterocycles. The molecule has 0 aromatic rings. The first-order valence-corrected chi connectivity index (χ1v) is 2.61. The van der Waals surface area contributed by atoms with Gasteiger partial charge < -0.3 is 15.5 Å².